The minimum absolute atomic E-state index is 0.0598. The Bertz CT molecular complexity index is 761. The summed E-state index contributed by atoms with van der Waals surface area (Å²) in [7, 11) is 0. The normalized spacial score (nSPS) is 15.2. The van der Waals surface area contributed by atoms with Crippen LogP contribution in [0.4, 0.5) is 11.4 Å². The van der Waals surface area contributed by atoms with Gasteiger partial charge in [0.05, 0.1) is 41.9 Å². The molecule has 2 N–H and O–H groups in total. The third-order valence-corrected chi connectivity index (χ3v) is 5.33. The summed E-state index contributed by atoms with van der Waals surface area (Å²) < 4.78 is 0. The predicted molar refractivity (Wildman–Crippen MR) is 104 cm³/mol. The Morgan fingerprint density at radius 3 is 2.52 bits per heavy atom. The zero-order chi connectivity index (χ0) is 17.8. The van der Waals surface area contributed by atoms with Crippen LogP contribution < -0.4 is 15.1 Å². The average Bonchev–Trinajstić information content (AvgIpc) is 2.60. The van der Waals surface area contributed by atoms with Crippen LogP contribution in [0.3, 0.4) is 0 Å². The first kappa shape index (κ1) is 18.3. The minimum Gasteiger partial charge on any atom is -0.360 e. The van der Waals surface area contributed by atoms with Crippen molar-refractivity contribution in [2.24, 2.45) is 0 Å². The van der Waals surface area contributed by atoms with Gasteiger partial charge in [0.15, 0.2) is 6.54 Å². The summed E-state index contributed by atoms with van der Waals surface area (Å²) in [6, 6.07) is 13.1. The first-order valence-corrected chi connectivity index (χ1v) is 9.24. The van der Waals surface area contributed by atoms with E-state index in [4.69, 9.17) is 34.8 Å². The first-order valence-electron chi connectivity index (χ1n) is 8.11. The molecule has 0 spiro atoms. The van der Waals surface area contributed by atoms with Gasteiger partial charge < -0.3 is 15.1 Å². The fraction of sp³-hybridized carbons (Fsp3) is 0.278. The molecule has 1 amide bonds. The molecule has 1 aliphatic heterocycles. The van der Waals surface area contributed by atoms with Gasteiger partial charge in [-0.25, -0.2) is 0 Å². The highest BCUT2D eigenvalue weighted by Gasteiger charge is 2.23. The summed E-state index contributed by atoms with van der Waals surface area (Å²) in [5.41, 5.74) is 1.68. The number of nitrogens with zero attached hydrogens (tertiary/aromatic N) is 1. The quantitative estimate of drug-likeness (QED) is 0.829. The van der Waals surface area contributed by atoms with Crippen LogP contribution in [0.25, 0.3) is 0 Å². The lowest BCUT2D eigenvalue weighted by Crippen LogP contribution is -3.15. The summed E-state index contributed by atoms with van der Waals surface area (Å²) in [6.45, 7) is 3.97. The van der Waals surface area contributed by atoms with Crippen molar-refractivity contribution in [3.63, 3.8) is 0 Å². The molecule has 1 saturated heterocycles. The number of halogens is 3. The number of hydrogen-bond donors (Lipinski definition) is 2. The van der Waals surface area contributed by atoms with Crippen LogP contribution in [0.1, 0.15) is 0 Å². The number of amides is 1. The van der Waals surface area contributed by atoms with E-state index in [1.807, 2.05) is 18.2 Å². The number of nitrogens with one attached hydrogen (secondary N) is 2. The van der Waals surface area contributed by atoms with Gasteiger partial charge in [-0.05, 0) is 30.3 Å². The number of rotatable bonds is 4. The van der Waals surface area contributed by atoms with Crippen molar-refractivity contribution in [2.45, 2.75) is 0 Å². The van der Waals surface area contributed by atoms with E-state index in [1.165, 1.54) is 4.90 Å². The SMILES string of the molecule is O=C(C[NH+]1CCN(c2cccc(Cl)c2)CC1)Nc1cccc(Cl)c1Cl. The number of carbonyl (C=O) groups excluding carboxylic acids is 1. The highest BCUT2D eigenvalue weighted by atomic mass is 35.5. The lowest BCUT2D eigenvalue weighted by molar-refractivity contribution is -0.892. The number of carbonyl (C=O) groups is 1. The van der Waals surface area contributed by atoms with Crippen molar-refractivity contribution in [1.82, 2.24) is 0 Å². The smallest absolute Gasteiger partial charge is 0.279 e. The van der Waals surface area contributed by atoms with Gasteiger partial charge in [-0.3, -0.25) is 4.79 Å². The molecule has 7 heteroatoms. The third-order valence-electron chi connectivity index (χ3n) is 4.28. The fourth-order valence-corrected chi connectivity index (χ4v) is 3.48. The molecule has 2 aromatic rings. The van der Waals surface area contributed by atoms with Crippen molar-refractivity contribution in [2.75, 3.05) is 42.9 Å². The van der Waals surface area contributed by atoms with Crippen LogP contribution >= 0.6 is 34.8 Å². The Kier molecular flexibility index (Phi) is 6.07. The Hall–Kier alpha value is -1.46. The lowest BCUT2D eigenvalue weighted by atomic mass is 10.2. The number of piperazine rings is 1. The Morgan fingerprint density at radius 2 is 1.80 bits per heavy atom. The summed E-state index contributed by atoms with van der Waals surface area (Å²) in [4.78, 5) is 15.8. The Balaban J connectivity index is 1.52. The molecule has 0 radical (unpaired) electrons. The lowest BCUT2D eigenvalue weighted by Gasteiger charge is -2.33. The van der Waals surface area contributed by atoms with Crippen LogP contribution in [0.5, 0.6) is 0 Å². The van der Waals surface area contributed by atoms with Crippen LogP contribution in [-0.2, 0) is 4.79 Å². The highest BCUT2D eigenvalue weighted by molar-refractivity contribution is 6.44. The molecular formula is C18H19Cl3N3O+. The van der Waals surface area contributed by atoms with E-state index >= 15 is 0 Å². The predicted octanol–water partition coefficient (Wildman–Crippen LogP) is 2.99. The minimum atomic E-state index is -0.0598. The highest BCUT2D eigenvalue weighted by Crippen LogP contribution is 2.29. The summed E-state index contributed by atoms with van der Waals surface area (Å²) in [5.74, 6) is -0.0598. The third kappa shape index (κ3) is 4.79. The van der Waals surface area contributed by atoms with Gasteiger partial charge in [-0.15, -0.1) is 0 Å². The fourth-order valence-electron chi connectivity index (χ4n) is 2.95. The first-order chi connectivity index (χ1) is 12.0. The molecule has 2 aromatic carbocycles. The Morgan fingerprint density at radius 1 is 1.08 bits per heavy atom. The summed E-state index contributed by atoms with van der Waals surface area (Å²) in [6.07, 6.45) is 0. The van der Waals surface area contributed by atoms with Crippen molar-refractivity contribution in [1.29, 1.82) is 0 Å². The van der Waals surface area contributed by atoms with E-state index in [0.29, 0.717) is 22.3 Å². The number of hydrogen-bond acceptors (Lipinski definition) is 2. The van der Waals surface area contributed by atoms with Crippen LogP contribution in [-0.4, -0.2) is 38.6 Å². The van der Waals surface area contributed by atoms with Crippen molar-refractivity contribution in [3.8, 4) is 0 Å². The zero-order valence-corrected chi connectivity index (χ0v) is 15.8. The molecule has 3 rings (SSSR count). The van der Waals surface area contributed by atoms with Crippen LogP contribution in [0.15, 0.2) is 42.5 Å². The molecule has 0 aromatic heterocycles. The number of anilines is 2. The van der Waals surface area contributed by atoms with Gasteiger partial charge in [0, 0.05) is 10.7 Å². The van der Waals surface area contributed by atoms with Gasteiger partial charge in [-0.2, -0.15) is 0 Å². The number of benzene rings is 2. The van der Waals surface area contributed by atoms with Gasteiger partial charge in [0.2, 0.25) is 0 Å². The maximum absolute atomic E-state index is 12.3. The average molecular weight is 400 g/mol. The standard InChI is InChI=1S/C18H18Cl3N3O/c19-13-3-1-4-14(11-13)24-9-7-23(8-10-24)12-17(25)22-16-6-2-5-15(20)18(16)21/h1-6,11H,7-10,12H2,(H,22,25)/p+1. The topological polar surface area (TPSA) is 36.8 Å². The van der Waals surface area contributed by atoms with E-state index in [9.17, 15) is 4.79 Å². The largest absolute Gasteiger partial charge is 0.360 e. The summed E-state index contributed by atoms with van der Waals surface area (Å²) in [5, 5.41) is 4.39. The Labute approximate surface area is 162 Å². The molecule has 1 fully saturated rings. The van der Waals surface area contributed by atoms with Gasteiger partial charge in [-0.1, -0.05) is 46.9 Å². The maximum Gasteiger partial charge on any atom is 0.279 e. The second kappa shape index (κ2) is 8.28. The molecule has 0 saturated carbocycles. The van der Waals surface area contributed by atoms with E-state index in [1.54, 1.807) is 18.2 Å². The van der Waals surface area contributed by atoms with Crippen LogP contribution in [0, 0.1) is 0 Å². The zero-order valence-electron chi connectivity index (χ0n) is 13.6. The van der Waals surface area contributed by atoms with Crippen molar-refractivity contribution >= 4 is 52.1 Å². The van der Waals surface area contributed by atoms with Crippen LogP contribution in [0.2, 0.25) is 15.1 Å². The second-order valence-corrected chi connectivity index (χ2v) is 7.26. The van der Waals surface area contributed by atoms with E-state index in [0.717, 1.165) is 36.9 Å². The molecule has 25 heavy (non-hydrogen) atoms. The molecule has 4 nitrogen and oxygen atoms in total. The van der Waals surface area contributed by atoms with Crippen molar-refractivity contribution < 1.29 is 9.69 Å². The van der Waals surface area contributed by atoms with Gasteiger partial charge in [0.1, 0.15) is 0 Å². The molecule has 0 bridgehead atoms. The summed E-state index contributed by atoms with van der Waals surface area (Å²) >= 11 is 18.1. The van der Waals surface area contributed by atoms with E-state index in [2.05, 4.69) is 16.3 Å². The maximum atomic E-state index is 12.3. The monoisotopic (exact) mass is 398 g/mol. The van der Waals surface area contributed by atoms with E-state index < -0.39 is 0 Å². The van der Waals surface area contributed by atoms with Crippen molar-refractivity contribution in [3.05, 3.63) is 57.5 Å². The van der Waals surface area contributed by atoms with Gasteiger partial charge >= 0.3 is 0 Å². The molecule has 1 heterocycles. The molecule has 0 atom stereocenters. The second-order valence-electron chi connectivity index (χ2n) is 6.04. The van der Waals surface area contributed by atoms with Gasteiger partial charge in [0.25, 0.3) is 5.91 Å². The number of quaternary nitrogens is 1. The molecule has 132 valence electrons. The van der Waals surface area contributed by atoms with E-state index in [-0.39, 0.29) is 5.91 Å². The molecular weight excluding hydrogens is 381 g/mol. The molecule has 0 aliphatic carbocycles. The molecule has 1 aliphatic rings. The molecule has 0 unspecified atom stereocenters.